The molecule has 0 saturated carbocycles. The predicted octanol–water partition coefficient (Wildman–Crippen LogP) is 3.17. The molecule has 0 heterocycles. The average molecular weight is 163 g/mol. The molecule has 0 aliphatic carbocycles. The smallest absolute Gasteiger partial charge is 0.0895 e. The highest BCUT2D eigenvalue weighted by atomic mass is 35.5. The molecule has 0 aromatic carbocycles. The summed E-state index contributed by atoms with van der Waals surface area (Å²) >= 11 is 4.76. The van der Waals surface area contributed by atoms with E-state index in [9.17, 15) is 0 Å². The van der Waals surface area contributed by atoms with Gasteiger partial charge in [-0.1, -0.05) is 38.6 Å². The van der Waals surface area contributed by atoms with Crippen LogP contribution in [-0.2, 0) is 4.74 Å². The van der Waals surface area contributed by atoms with E-state index >= 15 is 0 Å². The van der Waals surface area contributed by atoms with Gasteiger partial charge in [-0.2, -0.15) is 0 Å². The van der Waals surface area contributed by atoms with Crippen LogP contribution in [0.15, 0.2) is 25.0 Å². The molecule has 10 heavy (non-hydrogen) atoms. The summed E-state index contributed by atoms with van der Waals surface area (Å²) in [6, 6.07) is 0. The van der Waals surface area contributed by atoms with Crippen LogP contribution in [0, 0.1) is 5.92 Å². The summed E-state index contributed by atoms with van der Waals surface area (Å²) in [6.45, 7) is 11.5. The quantitative estimate of drug-likeness (QED) is 0.580. The van der Waals surface area contributed by atoms with Crippen LogP contribution in [0.2, 0.25) is 0 Å². The van der Waals surface area contributed by atoms with Gasteiger partial charge in [0.1, 0.15) is 0 Å². The van der Waals surface area contributed by atoms with Crippen LogP contribution in [0.5, 0.6) is 0 Å². The zero-order valence-corrected chi connectivity index (χ0v) is 7.40. The summed E-state index contributed by atoms with van der Waals surface area (Å²) < 4.78 is 4.86. The molecule has 0 amide bonds. The molecule has 0 unspecified atom stereocenters. The lowest BCUT2D eigenvalue weighted by Gasteiger charge is -2.00. The molecule has 0 spiro atoms. The van der Waals surface area contributed by atoms with Crippen LogP contribution in [0.4, 0.5) is 0 Å². The third kappa shape index (κ3) is 25.6. The maximum Gasteiger partial charge on any atom is 0.0895 e. The average Bonchev–Trinajstić information content (AvgIpc) is 1.85. The van der Waals surface area contributed by atoms with E-state index in [1.54, 1.807) is 0 Å². The van der Waals surface area contributed by atoms with Gasteiger partial charge >= 0.3 is 0 Å². The van der Waals surface area contributed by atoms with Gasteiger partial charge in [-0.05, 0) is 11.5 Å². The van der Waals surface area contributed by atoms with Gasteiger partial charge < -0.3 is 4.74 Å². The Morgan fingerprint density at radius 2 is 1.90 bits per heavy atom. The Bertz CT molecular complexity index is 79.3. The van der Waals surface area contributed by atoms with Crippen molar-refractivity contribution in [3.05, 3.63) is 25.0 Å². The van der Waals surface area contributed by atoms with Gasteiger partial charge in [-0.3, -0.25) is 0 Å². The second-order valence-corrected chi connectivity index (χ2v) is 2.36. The number of hydrogen-bond donors (Lipinski definition) is 0. The molecule has 0 saturated heterocycles. The fourth-order valence-electron chi connectivity index (χ4n) is 0.260. The van der Waals surface area contributed by atoms with E-state index < -0.39 is 0 Å². The van der Waals surface area contributed by atoms with Crippen LogP contribution in [0.25, 0.3) is 0 Å². The Balaban J connectivity index is 0. The number of halogens is 1. The molecule has 60 valence electrons. The van der Waals surface area contributed by atoms with E-state index in [1.807, 2.05) is 0 Å². The highest BCUT2D eigenvalue weighted by Gasteiger charge is 1.87. The summed E-state index contributed by atoms with van der Waals surface area (Å²) in [5.74, 6) is 0.609. The second-order valence-electron chi connectivity index (χ2n) is 2.05. The Kier molecular flexibility index (Phi) is 14.0. The standard InChI is InChI=1S/C6H12O.C2H3Cl/c1-4-7-5-6(2)3;1-2-3/h4,6H,1,5H2,2-3H3;2H,1H2. The predicted molar refractivity (Wildman–Crippen MR) is 47.0 cm³/mol. The highest BCUT2D eigenvalue weighted by molar-refractivity contribution is 6.25. The molecule has 0 aromatic rings. The topological polar surface area (TPSA) is 9.23 Å². The first-order valence-corrected chi connectivity index (χ1v) is 3.56. The van der Waals surface area contributed by atoms with E-state index in [4.69, 9.17) is 16.3 Å². The SMILES string of the molecule is C=CCl.C=COCC(C)C. The Morgan fingerprint density at radius 1 is 1.50 bits per heavy atom. The van der Waals surface area contributed by atoms with Gasteiger partial charge in [-0.15, -0.1) is 0 Å². The van der Waals surface area contributed by atoms with E-state index in [-0.39, 0.29) is 0 Å². The maximum absolute atomic E-state index is 4.86. The molecule has 0 bridgehead atoms. The number of rotatable bonds is 3. The van der Waals surface area contributed by atoms with E-state index in [1.165, 1.54) is 11.8 Å². The molecule has 0 aliphatic heterocycles. The second kappa shape index (κ2) is 11.4. The van der Waals surface area contributed by atoms with Crippen molar-refractivity contribution in [2.45, 2.75) is 13.8 Å². The van der Waals surface area contributed by atoms with Gasteiger partial charge in [-0.25, -0.2) is 0 Å². The van der Waals surface area contributed by atoms with Crippen molar-refractivity contribution in [3.8, 4) is 0 Å². The Hall–Kier alpha value is -0.430. The van der Waals surface area contributed by atoms with E-state index in [0.717, 1.165) is 6.61 Å². The summed E-state index contributed by atoms with van der Waals surface area (Å²) in [4.78, 5) is 0. The first-order chi connectivity index (χ1) is 4.68. The van der Waals surface area contributed by atoms with Crippen LogP contribution >= 0.6 is 11.6 Å². The molecule has 0 fully saturated rings. The molecule has 1 nitrogen and oxygen atoms in total. The van der Waals surface area contributed by atoms with Gasteiger partial charge in [0.25, 0.3) is 0 Å². The summed E-state index contributed by atoms with van der Waals surface area (Å²) in [6.07, 6.45) is 1.47. The molecule has 0 atom stereocenters. The molecular formula is C8H15ClO. The normalized spacial score (nSPS) is 7.60. The maximum atomic E-state index is 4.86. The van der Waals surface area contributed by atoms with Crippen LogP contribution in [0.3, 0.4) is 0 Å². The van der Waals surface area contributed by atoms with Gasteiger partial charge in [0, 0.05) is 0 Å². The first-order valence-electron chi connectivity index (χ1n) is 3.12. The minimum Gasteiger partial charge on any atom is -0.502 e. The molecule has 0 aromatic heterocycles. The summed E-state index contributed by atoms with van der Waals surface area (Å²) in [5.41, 5.74) is 1.22. The third-order valence-electron chi connectivity index (χ3n) is 0.547. The van der Waals surface area contributed by atoms with E-state index in [2.05, 4.69) is 27.0 Å². The van der Waals surface area contributed by atoms with Crippen molar-refractivity contribution in [1.29, 1.82) is 0 Å². The minimum absolute atomic E-state index is 0.609. The lowest BCUT2D eigenvalue weighted by molar-refractivity contribution is 0.212. The third-order valence-corrected chi connectivity index (χ3v) is 0.547. The molecule has 0 rings (SSSR count). The number of hydrogen-bond acceptors (Lipinski definition) is 1. The molecule has 2 heteroatoms. The van der Waals surface area contributed by atoms with Crippen LogP contribution in [-0.4, -0.2) is 6.61 Å². The zero-order chi connectivity index (χ0) is 8.41. The lowest BCUT2D eigenvalue weighted by atomic mass is 10.2. The first kappa shape index (κ1) is 12.3. The lowest BCUT2D eigenvalue weighted by Crippen LogP contribution is -1.95. The van der Waals surface area contributed by atoms with Gasteiger partial charge in [0.2, 0.25) is 0 Å². The summed E-state index contributed by atoms with van der Waals surface area (Å²) in [7, 11) is 0. The van der Waals surface area contributed by atoms with E-state index in [0.29, 0.717) is 5.92 Å². The molecule has 0 aliphatic rings. The van der Waals surface area contributed by atoms with Crippen LogP contribution in [0.1, 0.15) is 13.8 Å². The van der Waals surface area contributed by atoms with Crippen molar-refractivity contribution in [2.75, 3.05) is 6.61 Å². The van der Waals surface area contributed by atoms with Crippen molar-refractivity contribution < 1.29 is 4.74 Å². The molecular weight excluding hydrogens is 148 g/mol. The van der Waals surface area contributed by atoms with Crippen molar-refractivity contribution in [3.63, 3.8) is 0 Å². The molecule has 0 radical (unpaired) electrons. The van der Waals surface area contributed by atoms with Gasteiger partial charge in [0.15, 0.2) is 0 Å². The minimum atomic E-state index is 0.609. The summed E-state index contributed by atoms with van der Waals surface area (Å²) in [5, 5.41) is 0. The van der Waals surface area contributed by atoms with Crippen molar-refractivity contribution in [2.24, 2.45) is 5.92 Å². The fourth-order valence-corrected chi connectivity index (χ4v) is 0.260. The molecule has 0 N–H and O–H groups in total. The zero-order valence-electron chi connectivity index (χ0n) is 6.64. The van der Waals surface area contributed by atoms with Crippen LogP contribution < -0.4 is 0 Å². The van der Waals surface area contributed by atoms with Crippen molar-refractivity contribution in [1.82, 2.24) is 0 Å². The Labute approximate surface area is 68.3 Å². The van der Waals surface area contributed by atoms with Gasteiger partial charge in [0.05, 0.1) is 12.9 Å². The highest BCUT2D eigenvalue weighted by Crippen LogP contribution is 1.90. The number of ether oxygens (including phenoxy) is 1. The monoisotopic (exact) mass is 162 g/mol. The Morgan fingerprint density at radius 3 is 2.00 bits per heavy atom. The fraction of sp³-hybridized carbons (Fsp3) is 0.500. The van der Waals surface area contributed by atoms with Crippen molar-refractivity contribution >= 4 is 11.6 Å². The largest absolute Gasteiger partial charge is 0.502 e.